The molecule has 0 unspecified atom stereocenters. The van der Waals surface area contributed by atoms with Gasteiger partial charge in [-0.05, 0) is 41.5 Å². The summed E-state index contributed by atoms with van der Waals surface area (Å²) < 4.78 is 51.1. The molecule has 136 valence electrons. The maximum absolute atomic E-state index is 13.3. The molecule has 0 aliphatic carbocycles. The second kappa shape index (κ2) is 6.46. The Labute approximate surface area is 153 Å². The summed E-state index contributed by atoms with van der Waals surface area (Å²) in [7, 11) is 1.55. The summed E-state index contributed by atoms with van der Waals surface area (Å²) in [6, 6.07) is 17.6. The van der Waals surface area contributed by atoms with Crippen LogP contribution in [-0.4, -0.2) is 12.1 Å². The van der Waals surface area contributed by atoms with Crippen molar-refractivity contribution in [2.45, 2.75) is 6.18 Å². The number of oxazole rings is 1. The number of halogens is 3. The molecule has 1 heterocycles. The lowest BCUT2D eigenvalue weighted by molar-refractivity contribution is -0.137. The summed E-state index contributed by atoms with van der Waals surface area (Å²) in [4.78, 5) is 4.43. The molecule has 0 N–H and O–H groups in total. The van der Waals surface area contributed by atoms with E-state index in [1.165, 1.54) is 12.1 Å². The molecule has 0 radical (unpaired) electrons. The minimum Gasteiger partial charge on any atom is -0.496 e. The molecule has 0 saturated heterocycles. The molecule has 0 atom stereocenters. The lowest BCUT2D eigenvalue weighted by Gasteiger charge is -2.12. The van der Waals surface area contributed by atoms with Crippen LogP contribution in [0.2, 0.25) is 0 Å². The molecule has 3 nitrogen and oxygen atoms in total. The molecule has 0 saturated carbocycles. The van der Waals surface area contributed by atoms with Gasteiger partial charge in [-0.2, -0.15) is 13.2 Å². The van der Waals surface area contributed by atoms with E-state index in [2.05, 4.69) is 4.98 Å². The Morgan fingerprint density at radius 3 is 2.33 bits per heavy atom. The molecule has 6 heteroatoms. The summed E-state index contributed by atoms with van der Waals surface area (Å²) in [5, 5.41) is 0. The average Bonchev–Trinajstić information content (AvgIpc) is 3.10. The van der Waals surface area contributed by atoms with Gasteiger partial charge in [-0.1, -0.05) is 36.4 Å². The van der Waals surface area contributed by atoms with Gasteiger partial charge >= 0.3 is 6.18 Å². The number of rotatable bonds is 3. The highest BCUT2D eigenvalue weighted by Gasteiger charge is 2.33. The first-order chi connectivity index (χ1) is 13.0. The molecule has 4 rings (SSSR count). The quantitative estimate of drug-likeness (QED) is 0.432. The van der Waals surface area contributed by atoms with Crippen LogP contribution >= 0.6 is 0 Å². The maximum atomic E-state index is 13.3. The minimum atomic E-state index is -4.43. The molecule has 0 amide bonds. The van der Waals surface area contributed by atoms with Crippen LogP contribution in [-0.2, 0) is 6.18 Å². The van der Waals surface area contributed by atoms with Crippen molar-refractivity contribution in [1.29, 1.82) is 0 Å². The zero-order chi connectivity index (χ0) is 19.0. The Morgan fingerprint density at radius 1 is 0.889 bits per heavy atom. The minimum absolute atomic E-state index is 0.0992. The molecular formula is C21H14F3NO2. The number of nitrogens with zero attached hydrogens (tertiary/aromatic N) is 1. The second-order valence-corrected chi connectivity index (χ2v) is 5.95. The van der Waals surface area contributed by atoms with Gasteiger partial charge in [0.1, 0.15) is 11.3 Å². The maximum Gasteiger partial charge on any atom is 0.417 e. The van der Waals surface area contributed by atoms with E-state index in [1.54, 1.807) is 37.4 Å². The van der Waals surface area contributed by atoms with Crippen molar-refractivity contribution in [2.24, 2.45) is 0 Å². The molecule has 3 aromatic carbocycles. The molecule has 1 aromatic heterocycles. The van der Waals surface area contributed by atoms with Gasteiger partial charge in [0.05, 0.1) is 18.2 Å². The monoisotopic (exact) mass is 369 g/mol. The third-order valence-electron chi connectivity index (χ3n) is 4.27. The van der Waals surface area contributed by atoms with Crippen LogP contribution in [0.3, 0.4) is 0 Å². The van der Waals surface area contributed by atoms with Crippen molar-refractivity contribution >= 4 is 11.1 Å². The molecule has 0 fully saturated rings. The van der Waals surface area contributed by atoms with Crippen molar-refractivity contribution in [3.8, 4) is 28.3 Å². The summed E-state index contributed by atoms with van der Waals surface area (Å²) in [5.41, 5.74) is 1.47. The Kier molecular flexibility index (Phi) is 4.11. The van der Waals surface area contributed by atoms with Gasteiger partial charge in [-0.3, -0.25) is 0 Å². The summed E-state index contributed by atoms with van der Waals surface area (Å²) in [5.74, 6) is 0.954. The first kappa shape index (κ1) is 17.1. The van der Waals surface area contributed by atoms with Crippen LogP contribution in [0, 0.1) is 0 Å². The van der Waals surface area contributed by atoms with E-state index >= 15 is 0 Å². The van der Waals surface area contributed by atoms with E-state index in [-0.39, 0.29) is 5.56 Å². The first-order valence-corrected chi connectivity index (χ1v) is 8.18. The Morgan fingerprint density at radius 2 is 1.59 bits per heavy atom. The SMILES string of the molecule is COc1ccccc1-c1nc2ccc(-c3ccccc3C(F)(F)F)cc2o1. The number of aromatic nitrogens is 1. The smallest absolute Gasteiger partial charge is 0.417 e. The number of hydrogen-bond acceptors (Lipinski definition) is 3. The number of benzene rings is 3. The van der Waals surface area contributed by atoms with Gasteiger partial charge in [0.25, 0.3) is 0 Å². The number of para-hydroxylation sites is 1. The van der Waals surface area contributed by atoms with Gasteiger partial charge in [0.15, 0.2) is 5.58 Å². The van der Waals surface area contributed by atoms with Gasteiger partial charge < -0.3 is 9.15 Å². The zero-order valence-corrected chi connectivity index (χ0v) is 14.2. The second-order valence-electron chi connectivity index (χ2n) is 5.95. The van der Waals surface area contributed by atoms with Crippen LogP contribution in [0.15, 0.2) is 71.1 Å². The Bertz CT molecular complexity index is 1120. The Hall–Kier alpha value is -3.28. The molecule has 4 aromatic rings. The standard InChI is InChI=1S/C21H14F3NO2/c1-26-18-9-5-3-7-15(18)20-25-17-11-10-13(12-19(17)27-20)14-6-2-4-8-16(14)21(22,23)24/h2-12H,1H3. The fourth-order valence-corrected chi connectivity index (χ4v) is 3.01. The van der Waals surface area contributed by atoms with E-state index < -0.39 is 11.7 Å². The lowest BCUT2D eigenvalue weighted by Crippen LogP contribution is -2.06. The summed E-state index contributed by atoms with van der Waals surface area (Å²) >= 11 is 0. The highest BCUT2D eigenvalue weighted by molar-refractivity contribution is 5.83. The van der Waals surface area contributed by atoms with Crippen molar-refractivity contribution in [3.05, 3.63) is 72.3 Å². The summed E-state index contributed by atoms with van der Waals surface area (Å²) in [6.07, 6.45) is -4.43. The van der Waals surface area contributed by atoms with Crippen LogP contribution in [0.5, 0.6) is 5.75 Å². The van der Waals surface area contributed by atoms with E-state index in [9.17, 15) is 13.2 Å². The largest absolute Gasteiger partial charge is 0.496 e. The normalized spacial score (nSPS) is 11.7. The van der Waals surface area contributed by atoms with Gasteiger partial charge in [0.2, 0.25) is 5.89 Å². The topological polar surface area (TPSA) is 35.3 Å². The number of methoxy groups -OCH3 is 1. The van der Waals surface area contributed by atoms with Crippen LogP contribution in [0.25, 0.3) is 33.7 Å². The highest BCUT2D eigenvalue weighted by atomic mass is 19.4. The van der Waals surface area contributed by atoms with E-state index in [0.717, 1.165) is 6.07 Å². The zero-order valence-electron chi connectivity index (χ0n) is 14.2. The highest BCUT2D eigenvalue weighted by Crippen LogP contribution is 2.38. The number of alkyl halides is 3. The van der Waals surface area contributed by atoms with Crippen LogP contribution in [0.1, 0.15) is 5.56 Å². The van der Waals surface area contributed by atoms with Crippen molar-refractivity contribution < 1.29 is 22.3 Å². The lowest BCUT2D eigenvalue weighted by atomic mass is 9.99. The van der Waals surface area contributed by atoms with Gasteiger partial charge in [-0.15, -0.1) is 0 Å². The average molecular weight is 369 g/mol. The van der Waals surface area contributed by atoms with E-state index in [1.807, 2.05) is 18.2 Å². The third kappa shape index (κ3) is 3.14. The number of fused-ring (bicyclic) bond motifs is 1. The first-order valence-electron chi connectivity index (χ1n) is 8.18. The predicted octanol–water partition coefficient (Wildman–Crippen LogP) is 6.19. The molecule has 0 spiro atoms. The molecule has 0 aliphatic heterocycles. The third-order valence-corrected chi connectivity index (χ3v) is 4.27. The molecule has 0 bridgehead atoms. The molecule has 27 heavy (non-hydrogen) atoms. The summed E-state index contributed by atoms with van der Waals surface area (Å²) in [6.45, 7) is 0. The van der Waals surface area contributed by atoms with Crippen LogP contribution < -0.4 is 4.74 Å². The Balaban J connectivity index is 1.83. The number of hydrogen-bond donors (Lipinski definition) is 0. The number of ether oxygens (including phenoxy) is 1. The van der Waals surface area contributed by atoms with E-state index in [4.69, 9.17) is 9.15 Å². The fourth-order valence-electron chi connectivity index (χ4n) is 3.01. The molecular weight excluding hydrogens is 355 g/mol. The van der Waals surface area contributed by atoms with E-state index in [0.29, 0.717) is 33.9 Å². The van der Waals surface area contributed by atoms with Crippen molar-refractivity contribution in [3.63, 3.8) is 0 Å². The fraction of sp³-hybridized carbons (Fsp3) is 0.0952. The van der Waals surface area contributed by atoms with Crippen LogP contribution in [0.4, 0.5) is 13.2 Å². The predicted molar refractivity (Wildman–Crippen MR) is 96.4 cm³/mol. The van der Waals surface area contributed by atoms with Crippen molar-refractivity contribution in [1.82, 2.24) is 4.98 Å². The molecule has 0 aliphatic rings. The van der Waals surface area contributed by atoms with Crippen molar-refractivity contribution in [2.75, 3.05) is 7.11 Å². The van der Waals surface area contributed by atoms with Gasteiger partial charge in [0, 0.05) is 0 Å². The van der Waals surface area contributed by atoms with Gasteiger partial charge in [-0.25, -0.2) is 4.98 Å².